The zero-order valence-electron chi connectivity index (χ0n) is 26.0. The number of benzene rings is 2. The molecule has 48 heavy (non-hydrogen) atoms. The fourth-order valence-electron chi connectivity index (χ4n) is 5.11. The van der Waals surface area contributed by atoms with Gasteiger partial charge in [0.15, 0.2) is 11.6 Å². The van der Waals surface area contributed by atoms with E-state index in [0.717, 1.165) is 21.4 Å². The number of carbonyl (C=O) groups excluding carboxylic acids is 3. The first-order valence-electron chi connectivity index (χ1n) is 14.9. The zero-order valence-corrected chi connectivity index (χ0v) is 26.8. The van der Waals surface area contributed by atoms with Crippen molar-refractivity contribution in [3.63, 3.8) is 0 Å². The molecule has 0 unspecified atom stereocenters. The number of ether oxygens (including phenoxy) is 2. The largest absolute Gasteiger partial charge is 0.453 e. The first kappa shape index (κ1) is 32.5. The van der Waals surface area contributed by atoms with Gasteiger partial charge >= 0.3 is 12.1 Å². The van der Waals surface area contributed by atoms with Crippen LogP contribution in [0.25, 0.3) is 20.8 Å². The van der Waals surface area contributed by atoms with E-state index in [1.165, 1.54) is 59.6 Å². The van der Waals surface area contributed by atoms with Crippen LogP contribution in [-0.2, 0) is 16.1 Å². The smallest absolute Gasteiger partial charge is 0.332 e. The standard InChI is InChI=1S/C34H30F2N6O5S/c1-21(43)40(15-16-46-2)20-22-3-9-27(38-19-22)31-18-28-32(48-31)30(11-12-37-28)47-29-10-6-24(17-26(29)36)39-33(44)42-14-13-41(34(42)45)25-7-4-23(35)5-8-25/h3-12,17-19H,13-16,20H2,1-2H3,(H,39,44). The number of thiophene rings is 1. The average molecular weight is 673 g/mol. The third-order valence-electron chi connectivity index (χ3n) is 7.63. The van der Waals surface area contributed by atoms with Crippen LogP contribution in [0.5, 0.6) is 11.5 Å². The number of aromatic nitrogens is 2. The summed E-state index contributed by atoms with van der Waals surface area (Å²) in [7, 11) is 1.59. The summed E-state index contributed by atoms with van der Waals surface area (Å²) < 4.78 is 40.2. The Hall–Kier alpha value is -5.47. The zero-order chi connectivity index (χ0) is 33.8. The molecule has 2 aromatic carbocycles. The fourth-order valence-corrected chi connectivity index (χ4v) is 6.15. The lowest BCUT2D eigenvalue weighted by Gasteiger charge is -2.20. The molecule has 0 radical (unpaired) electrons. The van der Waals surface area contributed by atoms with Gasteiger partial charge in [0.05, 0.1) is 33.9 Å². The molecule has 1 fully saturated rings. The SMILES string of the molecule is COCCN(Cc1ccc(-c2cc3nccc(Oc4ccc(NC(=O)N5CCN(c6ccc(F)cc6)C5=O)cc4F)c3s2)nc1)C(C)=O. The van der Waals surface area contributed by atoms with Crippen molar-refractivity contribution in [3.8, 4) is 22.1 Å². The minimum absolute atomic E-state index is 0.0512. The summed E-state index contributed by atoms with van der Waals surface area (Å²) in [5.41, 5.74) is 2.84. The third-order valence-corrected chi connectivity index (χ3v) is 8.79. The monoisotopic (exact) mass is 672 g/mol. The molecule has 0 bridgehead atoms. The van der Waals surface area contributed by atoms with E-state index in [1.54, 1.807) is 30.5 Å². The highest BCUT2D eigenvalue weighted by atomic mass is 32.1. The van der Waals surface area contributed by atoms with Crippen LogP contribution in [0, 0.1) is 11.6 Å². The summed E-state index contributed by atoms with van der Waals surface area (Å²) in [6.45, 7) is 3.20. The van der Waals surface area contributed by atoms with E-state index in [1.807, 2.05) is 18.2 Å². The molecule has 5 amide bonds. The number of nitrogens with one attached hydrogen (secondary N) is 1. The van der Waals surface area contributed by atoms with Crippen molar-refractivity contribution in [2.45, 2.75) is 13.5 Å². The highest BCUT2D eigenvalue weighted by Crippen LogP contribution is 2.39. The first-order valence-corrected chi connectivity index (χ1v) is 15.7. The van der Waals surface area contributed by atoms with Gasteiger partial charge in [0.2, 0.25) is 5.91 Å². The minimum Gasteiger partial charge on any atom is -0.453 e. The number of halogens is 2. The highest BCUT2D eigenvalue weighted by Gasteiger charge is 2.34. The van der Waals surface area contributed by atoms with Gasteiger partial charge in [-0.3, -0.25) is 19.7 Å². The Morgan fingerprint density at radius 3 is 2.52 bits per heavy atom. The molecule has 4 heterocycles. The Morgan fingerprint density at radius 1 is 1.00 bits per heavy atom. The summed E-state index contributed by atoms with van der Waals surface area (Å²) in [5, 5.41) is 2.55. The van der Waals surface area contributed by atoms with Crippen molar-refractivity contribution >= 4 is 50.9 Å². The molecule has 246 valence electrons. The van der Waals surface area contributed by atoms with E-state index in [-0.39, 0.29) is 30.4 Å². The average Bonchev–Trinajstić information content (AvgIpc) is 3.69. The van der Waals surface area contributed by atoms with Crippen molar-refractivity contribution in [1.82, 2.24) is 19.8 Å². The molecular weight excluding hydrogens is 642 g/mol. The number of carbonyl (C=O) groups is 3. The Labute approximate surface area is 278 Å². The Kier molecular flexibility index (Phi) is 9.55. The van der Waals surface area contributed by atoms with E-state index < -0.39 is 23.7 Å². The van der Waals surface area contributed by atoms with Crippen LogP contribution in [0.4, 0.5) is 29.7 Å². The first-order chi connectivity index (χ1) is 23.2. The van der Waals surface area contributed by atoms with Crippen molar-refractivity contribution in [3.05, 3.63) is 96.3 Å². The number of amides is 5. The van der Waals surface area contributed by atoms with Crippen molar-refractivity contribution in [2.24, 2.45) is 0 Å². The second-order valence-corrected chi connectivity index (χ2v) is 11.9. The summed E-state index contributed by atoms with van der Waals surface area (Å²) in [6, 6.07) is 15.4. The predicted octanol–water partition coefficient (Wildman–Crippen LogP) is 6.90. The molecule has 0 atom stereocenters. The lowest BCUT2D eigenvalue weighted by Crippen LogP contribution is -2.39. The van der Waals surface area contributed by atoms with Gasteiger partial charge in [0.1, 0.15) is 11.6 Å². The number of rotatable bonds is 10. The number of urea groups is 2. The van der Waals surface area contributed by atoms with Gasteiger partial charge < -0.3 is 19.7 Å². The second kappa shape index (κ2) is 14.1. The van der Waals surface area contributed by atoms with Gasteiger partial charge in [-0.1, -0.05) is 6.07 Å². The normalized spacial score (nSPS) is 12.9. The molecule has 0 aliphatic carbocycles. The van der Waals surface area contributed by atoms with Crippen LogP contribution in [0.1, 0.15) is 12.5 Å². The number of anilines is 2. The Morgan fingerprint density at radius 2 is 1.81 bits per heavy atom. The molecule has 6 rings (SSSR count). The maximum Gasteiger partial charge on any atom is 0.332 e. The van der Waals surface area contributed by atoms with Gasteiger partial charge in [0.25, 0.3) is 0 Å². The Balaban J connectivity index is 1.12. The van der Waals surface area contributed by atoms with Gasteiger partial charge in [-0.15, -0.1) is 11.3 Å². The van der Waals surface area contributed by atoms with E-state index in [4.69, 9.17) is 9.47 Å². The number of pyridine rings is 2. The van der Waals surface area contributed by atoms with Gasteiger partial charge in [-0.2, -0.15) is 0 Å². The summed E-state index contributed by atoms with van der Waals surface area (Å²) in [5.74, 6) is -0.887. The molecule has 1 aliphatic heterocycles. The van der Waals surface area contributed by atoms with E-state index >= 15 is 4.39 Å². The van der Waals surface area contributed by atoms with Crippen molar-refractivity contribution < 1.29 is 32.6 Å². The molecule has 1 saturated heterocycles. The number of hydrogen-bond donors (Lipinski definition) is 1. The van der Waals surface area contributed by atoms with Gasteiger partial charge in [-0.05, 0) is 54.1 Å². The Bertz CT molecular complexity index is 1970. The number of nitrogens with zero attached hydrogens (tertiary/aromatic N) is 5. The summed E-state index contributed by atoms with van der Waals surface area (Å²) in [4.78, 5) is 51.6. The quantitative estimate of drug-likeness (QED) is 0.172. The van der Waals surface area contributed by atoms with Crippen LogP contribution in [0.2, 0.25) is 0 Å². The number of imide groups is 1. The molecular formula is C34H30F2N6O5S. The lowest BCUT2D eigenvalue weighted by atomic mass is 10.2. The molecule has 0 spiro atoms. The molecule has 3 aromatic heterocycles. The molecule has 5 aromatic rings. The maximum absolute atomic E-state index is 15.2. The van der Waals surface area contributed by atoms with Gasteiger partial charge in [0, 0.05) is 69.6 Å². The molecule has 1 N–H and O–H groups in total. The maximum atomic E-state index is 15.2. The van der Waals surface area contributed by atoms with E-state index in [2.05, 4.69) is 15.3 Å². The van der Waals surface area contributed by atoms with Gasteiger partial charge in [-0.25, -0.2) is 23.3 Å². The molecule has 1 aliphatic rings. The number of fused-ring (bicyclic) bond motifs is 1. The predicted molar refractivity (Wildman–Crippen MR) is 177 cm³/mol. The van der Waals surface area contributed by atoms with Crippen LogP contribution in [0.15, 0.2) is 79.1 Å². The van der Waals surface area contributed by atoms with Crippen molar-refractivity contribution in [1.29, 1.82) is 0 Å². The topological polar surface area (TPSA) is 117 Å². The van der Waals surface area contributed by atoms with E-state index in [9.17, 15) is 18.8 Å². The highest BCUT2D eigenvalue weighted by molar-refractivity contribution is 7.22. The third kappa shape index (κ3) is 7.09. The minimum atomic E-state index is -0.724. The molecule has 14 heteroatoms. The van der Waals surface area contributed by atoms with Crippen LogP contribution >= 0.6 is 11.3 Å². The summed E-state index contributed by atoms with van der Waals surface area (Å²) >= 11 is 1.39. The van der Waals surface area contributed by atoms with Crippen LogP contribution in [-0.4, -0.2) is 71.1 Å². The van der Waals surface area contributed by atoms with Crippen molar-refractivity contribution in [2.75, 3.05) is 43.6 Å². The summed E-state index contributed by atoms with van der Waals surface area (Å²) in [6.07, 6.45) is 3.29. The number of hydrogen-bond acceptors (Lipinski definition) is 8. The molecule has 11 nitrogen and oxygen atoms in total. The number of methoxy groups -OCH3 is 1. The van der Waals surface area contributed by atoms with E-state index in [0.29, 0.717) is 47.0 Å². The van der Waals surface area contributed by atoms with Crippen LogP contribution < -0.4 is 15.0 Å². The second-order valence-electron chi connectivity index (χ2n) is 10.9. The van der Waals surface area contributed by atoms with Crippen LogP contribution in [0.3, 0.4) is 0 Å². The molecule has 0 saturated carbocycles. The lowest BCUT2D eigenvalue weighted by molar-refractivity contribution is -0.130. The fraction of sp³-hybridized carbons (Fsp3) is 0.206.